The van der Waals surface area contributed by atoms with Crippen molar-refractivity contribution in [2.45, 2.75) is 51.0 Å². The fraction of sp³-hybridized carbons (Fsp3) is 0.533. The molecule has 3 rings (SSSR count). The third-order valence-electron chi connectivity index (χ3n) is 4.23. The maximum atomic E-state index is 12.2. The van der Waals surface area contributed by atoms with Crippen molar-refractivity contribution in [3.8, 4) is 0 Å². The van der Waals surface area contributed by atoms with Gasteiger partial charge in [-0.2, -0.15) is 0 Å². The molecule has 0 unspecified atom stereocenters. The van der Waals surface area contributed by atoms with Crippen LogP contribution in [-0.2, 0) is 6.42 Å². The molecule has 90 valence electrons. The van der Waals surface area contributed by atoms with Crippen LogP contribution in [0.2, 0.25) is 0 Å². The molecule has 0 atom stereocenters. The molecule has 1 N–H and O–H groups in total. The summed E-state index contributed by atoms with van der Waals surface area (Å²) in [6, 6.07) is 6.27. The summed E-state index contributed by atoms with van der Waals surface area (Å²) in [7, 11) is 0. The molecule has 0 bridgehead atoms. The third kappa shape index (κ3) is 1.86. The van der Waals surface area contributed by atoms with Gasteiger partial charge in [0.2, 0.25) is 0 Å². The van der Waals surface area contributed by atoms with Crippen molar-refractivity contribution in [1.29, 1.82) is 0 Å². The summed E-state index contributed by atoms with van der Waals surface area (Å²) in [5, 5.41) is 3.28. The standard InChI is InChI=1S/C15H19NO/c1-11-5-6-12-10-15(7-3-2-4-8-15)16-14(17)13(12)9-11/h5-6,9H,2-4,7-8,10H2,1H3,(H,16,17). The number of hydrogen-bond acceptors (Lipinski definition) is 1. The van der Waals surface area contributed by atoms with Gasteiger partial charge in [-0.25, -0.2) is 0 Å². The molecule has 1 aromatic carbocycles. The Bertz CT molecular complexity index is 458. The van der Waals surface area contributed by atoms with Gasteiger partial charge in [-0.3, -0.25) is 4.79 Å². The smallest absolute Gasteiger partial charge is 0.252 e. The highest BCUT2D eigenvalue weighted by Crippen LogP contribution is 2.35. The molecule has 0 saturated heterocycles. The third-order valence-corrected chi connectivity index (χ3v) is 4.23. The zero-order valence-corrected chi connectivity index (χ0v) is 10.4. The second kappa shape index (κ2) is 3.86. The maximum Gasteiger partial charge on any atom is 0.252 e. The summed E-state index contributed by atoms with van der Waals surface area (Å²) in [5.74, 6) is 0.136. The highest BCUT2D eigenvalue weighted by molar-refractivity contribution is 5.97. The number of amides is 1. The van der Waals surface area contributed by atoms with Crippen molar-refractivity contribution >= 4 is 5.91 Å². The molecule has 1 fully saturated rings. The Hall–Kier alpha value is -1.31. The van der Waals surface area contributed by atoms with E-state index in [2.05, 4.69) is 17.4 Å². The van der Waals surface area contributed by atoms with E-state index in [0.29, 0.717) is 0 Å². The lowest BCUT2D eigenvalue weighted by molar-refractivity contribution is 0.0844. The van der Waals surface area contributed by atoms with Crippen LogP contribution in [0.1, 0.15) is 53.6 Å². The zero-order chi connectivity index (χ0) is 11.9. The first-order valence-electron chi connectivity index (χ1n) is 6.61. The van der Waals surface area contributed by atoms with E-state index in [1.54, 1.807) is 0 Å². The lowest BCUT2D eigenvalue weighted by Gasteiger charge is -2.41. The van der Waals surface area contributed by atoms with Crippen molar-refractivity contribution in [2.24, 2.45) is 0 Å². The number of carbonyl (C=O) groups excluding carboxylic acids is 1. The molecular formula is C15H19NO. The van der Waals surface area contributed by atoms with Crippen molar-refractivity contribution in [3.05, 3.63) is 34.9 Å². The molecule has 1 amide bonds. The second-order valence-corrected chi connectivity index (χ2v) is 5.63. The molecular weight excluding hydrogens is 210 g/mol. The van der Waals surface area contributed by atoms with E-state index in [0.717, 1.165) is 24.8 Å². The van der Waals surface area contributed by atoms with Gasteiger partial charge >= 0.3 is 0 Å². The maximum absolute atomic E-state index is 12.2. The van der Waals surface area contributed by atoms with E-state index >= 15 is 0 Å². The SMILES string of the molecule is Cc1ccc2c(c1)C(=O)NC1(CCCCC1)C2. The highest BCUT2D eigenvalue weighted by atomic mass is 16.1. The van der Waals surface area contributed by atoms with Crippen LogP contribution in [0.4, 0.5) is 0 Å². The molecule has 2 nitrogen and oxygen atoms in total. The lowest BCUT2D eigenvalue weighted by atomic mass is 9.74. The molecule has 2 aliphatic rings. The van der Waals surface area contributed by atoms with Gasteiger partial charge in [0.05, 0.1) is 0 Å². The van der Waals surface area contributed by atoms with Gasteiger partial charge in [-0.15, -0.1) is 0 Å². The Morgan fingerprint density at radius 3 is 2.71 bits per heavy atom. The van der Waals surface area contributed by atoms with Crippen LogP contribution in [0.3, 0.4) is 0 Å². The first-order valence-corrected chi connectivity index (χ1v) is 6.61. The molecule has 0 radical (unpaired) electrons. The van der Waals surface area contributed by atoms with Crippen LogP contribution in [0, 0.1) is 6.92 Å². The lowest BCUT2D eigenvalue weighted by Crippen LogP contribution is -2.54. The van der Waals surface area contributed by atoms with Gasteiger partial charge in [0, 0.05) is 11.1 Å². The summed E-state index contributed by atoms with van der Waals surface area (Å²) in [6.07, 6.45) is 7.13. The van der Waals surface area contributed by atoms with E-state index in [1.165, 1.54) is 30.4 Å². The van der Waals surface area contributed by atoms with E-state index in [-0.39, 0.29) is 11.4 Å². The van der Waals surface area contributed by atoms with Crippen LogP contribution >= 0.6 is 0 Å². The summed E-state index contributed by atoms with van der Waals surface area (Å²) >= 11 is 0. The number of hydrogen-bond donors (Lipinski definition) is 1. The fourth-order valence-corrected chi connectivity index (χ4v) is 3.30. The summed E-state index contributed by atoms with van der Waals surface area (Å²) in [5.41, 5.74) is 3.36. The Labute approximate surface area is 102 Å². The Morgan fingerprint density at radius 1 is 1.18 bits per heavy atom. The summed E-state index contributed by atoms with van der Waals surface area (Å²) in [4.78, 5) is 12.2. The monoisotopic (exact) mass is 229 g/mol. The largest absolute Gasteiger partial charge is 0.346 e. The molecule has 1 aromatic rings. The minimum absolute atomic E-state index is 0.0671. The average molecular weight is 229 g/mol. The molecule has 17 heavy (non-hydrogen) atoms. The Kier molecular flexibility index (Phi) is 2.46. The molecule has 1 spiro atoms. The van der Waals surface area contributed by atoms with Gasteiger partial charge in [-0.05, 0) is 37.8 Å². The molecule has 0 aromatic heterocycles. The molecule has 2 heteroatoms. The van der Waals surface area contributed by atoms with Gasteiger partial charge in [-0.1, -0.05) is 37.0 Å². The topological polar surface area (TPSA) is 29.1 Å². The minimum atomic E-state index is 0.0671. The number of benzene rings is 1. The van der Waals surface area contributed by atoms with E-state index in [9.17, 15) is 4.79 Å². The molecule has 1 saturated carbocycles. The van der Waals surface area contributed by atoms with E-state index in [4.69, 9.17) is 0 Å². The normalized spacial score (nSPS) is 22.1. The predicted octanol–water partition coefficient (Wildman–Crippen LogP) is 2.98. The predicted molar refractivity (Wildman–Crippen MR) is 68.2 cm³/mol. The number of nitrogens with one attached hydrogen (secondary N) is 1. The Morgan fingerprint density at radius 2 is 1.94 bits per heavy atom. The number of fused-ring (bicyclic) bond motifs is 1. The van der Waals surface area contributed by atoms with Crippen LogP contribution in [0.15, 0.2) is 18.2 Å². The minimum Gasteiger partial charge on any atom is -0.346 e. The van der Waals surface area contributed by atoms with Gasteiger partial charge < -0.3 is 5.32 Å². The quantitative estimate of drug-likeness (QED) is 0.728. The van der Waals surface area contributed by atoms with Crippen molar-refractivity contribution < 1.29 is 4.79 Å². The number of aryl methyl sites for hydroxylation is 1. The van der Waals surface area contributed by atoms with Crippen LogP contribution in [0.5, 0.6) is 0 Å². The molecule has 1 aliphatic heterocycles. The van der Waals surface area contributed by atoms with Crippen molar-refractivity contribution in [1.82, 2.24) is 5.32 Å². The summed E-state index contributed by atoms with van der Waals surface area (Å²) < 4.78 is 0. The second-order valence-electron chi connectivity index (χ2n) is 5.63. The van der Waals surface area contributed by atoms with Gasteiger partial charge in [0.25, 0.3) is 5.91 Å². The highest BCUT2D eigenvalue weighted by Gasteiger charge is 2.38. The molecule has 1 heterocycles. The fourth-order valence-electron chi connectivity index (χ4n) is 3.30. The average Bonchev–Trinajstić information content (AvgIpc) is 2.31. The van der Waals surface area contributed by atoms with Gasteiger partial charge in [0.15, 0.2) is 0 Å². The van der Waals surface area contributed by atoms with E-state index < -0.39 is 0 Å². The van der Waals surface area contributed by atoms with Crippen LogP contribution < -0.4 is 5.32 Å². The van der Waals surface area contributed by atoms with Gasteiger partial charge in [0.1, 0.15) is 0 Å². The van der Waals surface area contributed by atoms with Crippen molar-refractivity contribution in [2.75, 3.05) is 0 Å². The first kappa shape index (κ1) is 10.8. The molecule has 1 aliphatic carbocycles. The summed E-state index contributed by atoms with van der Waals surface area (Å²) in [6.45, 7) is 2.04. The number of carbonyl (C=O) groups is 1. The van der Waals surface area contributed by atoms with E-state index in [1.807, 2.05) is 13.0 Å². The number of rotatable bonds is 0. The van der Waals surface area contributed by atoms with Crippen LogP contribution in [0.25, 0.3) is 0 Å². The van der Waals surface area contributed by atoms with Crippen molar-refractivity contribution in [3.63, 3.8) is 0 Å². The Balaban J connectivity index is 1.97. The van der Waals surface area contributed by atoms with Crippen LogP contribution in [-0.4, -0.2) is 11.4 Å². The first-order chi connectivity index (χ1) is 8.19. The zero-order valence-electron chi connectivity index (χ0n) is 10.4.